The molecule has 0 atom stereocenters. The van der Waals surface area contributed by atoms with Gasteiger partial charge in [-0.25, -0.2) is 9.97 Å². The summed E-state index contributed by atoms with van der Waals surface area (Å²) in [6.45, 7) is 5.49. The fourth-order valence-electron chi connectivity index (χ4n) is 2.54. The molecule has 0 amide bonds. The number of aryl methyl sites for hydroxylation is 1. The zero-order valence-electron chi connectivity index (χ0n) is 12.6. The van der Waals surface area contributed by atoms with Crippen molar-refractivity contribution in [2.75, 3.05) is 31.1 Å². The van der Waals surface area contributed by atoms with E-state index < -0.39 is 0 Å². The SMILES string of the molecule is Cc1ncccc1C(=O)c1ccnc(N2CCCNCC2)n1.[HH].[HH]. The number of ketones is 1. The zero-order valence-corrected chi connectivity index (χ0v) is 12.6. The summed E-state index contributed by atoms with van der Waals surface area (Å²) in [6, 6.07) is 5.21. The molecule has 22 heavy (non-hydrogen) atoms. The third kappa shape index (κ3) is 3.12. The molecule has 1 aliphatic heterocycles. The van der Waals surface area contributed by atoms with Crippen molar-refractivity contribution in [2.24, 2.45) is 0 Å². The van der Waals surface area contributed by atoms with E-state index in [4.69, 9.17) is 0 Å². The van der Waals surface area contributed by atoms with Crippen LogP contribution < -0.4 is 10.2 Å². The summed E-state index contributed by atoms with van der Waals surface area (Å²) in [6.07, 6.45) is 4.38. The van der Waals surface area contributed by atoms with Crippen molar-refractivity contribution < 1.29 is 7.65 Å². The molecule has 1 fully saturated rings. The summed E-state index contributed by atoms with van der Waals surface area (Å²) in [7, 11) is 0. The van der Waals surface area contributed by atoms with Crippen LogP contribution in [0.25, 0.3) is 0 Å². The van der Waals surface area contributed by atoms with Gasteiger partial charge in [0.25, 0.3) is 0 Å². The lowest BCUT2D eigenvalue weighted by Crippen LogP contribution is -2.29. The monoisotopic (exact) mass is 301 g/mol. The molecule has 0 spiro atoms. The lowest BCUT2D eigenvalue weighted by Gasteiger charge is -2.19. The molecule has 2 aromatic rings. The summed E-state index contributed by atoms with van der Waals surface area (Å²) < 4.78 is 0. The molecule has 0 unspecified atom stereocenters. The fraction of sp³-hybridized carbons (Fsp3) is 0.375. The third-order valence-corrected chi connectivity index (χ3v) is 3.75. The average molecular weight is 301 g/mol. The Labute approximate surface area is 132 Å². The van der Waals surface area contributed by atoms with Gasteiger partial charge in [0.15, 0.2) is 0 Å². The van der Waals surface area contributed by atoms with E-state index in [0.717, 1.165) is 32.6 Å². The summed E-state index contributed by atoms with van der Waals surface area (Å²) in [5, 5.41) is 3.35. The van der Waals surface area contributed by atoms with Crippen LogP contribution in [0.4, 0.5) is 5.95 Å². The molecule has 0 radical (unpaired) electrons. The van der Waals surface area contributed by atoms with Crippen LogP contribution in [0.3, 0.4) is 0 Å². The summed E-state index contributed by atoms with van der Waals surface area (Å²) in [4.78, 5) is 27.7. The number of carbonyl (C=O) groups is 1. The van der Waals surface area contributed by atoms with E-state index in [2.05, 4.69) is 25.2 Å². The molecule has 118 valence electrons. The normalized spacial score (nSPS) is 15.4. The standard InChI is InChI=1S/C16H19N5O.2H2/c1-12-13(4-2-7-18-12)15(22)14-5-8-19-16(20-14)21-10-3-6-17-9-11-21;;/h2,4-5,7-8,17H,3,6,9-11H2,1H3;2*1H. The van der Waals surface area contributed by atoms with Crippen LogP contribution in [0.15, 0.2) is 30.6 Å². The Bertz CT molecular complexity index is 675. The van der Waals surface area contributed by atoms with E-state index in [1.165, 1.54) is 0 Å². The maximum Gasteiger partial charge on any atom is 0.226 e. The molecule has 1 saturated heterocycles. The number of rotatable bonds is 3. The maximum absolute atomic E-state index is 12.6. The number of hydrogen-bond acceptors (Lipinski definition) is 6. The number of nitrogens with zero attached hydrogens (tertiary/aromatic N) is 4. The minimum absolute atomic E-state index is 0. The first kappa shape index (κ1) is 14.6. The van der Waals surface area contributed by atoms with Gasteiger partial charge in [0.05, 0.1) is 0 Å². The van der Waals surface area contributed by atoms with Gasteiger partial charge >= 0.3 is 0 Å². The van der Waals surface area contributed by atoms with Crippen molar-refractivity contribution in [1.29, 1.82) is 0 Å². The van der Waals surface area contributed by atoms with E-state index in [9.17, 15) is 4.79 Å². The van der Waals surface area contributed by atoms with Crippen LogP contribution in [-0.4, -0.2) is 46.9 Å². The van der Waals surface area contributed by atoms with E-state index in [-0.39, 0.29) is 8.64 Å². The van der Waals surface area contributed by atoms with E-state index in [1.54, 1.807) is 30.6 Å². The Kier molecular flexibility index (Phi) is 4.39. The first-order valence-electron chi connectivity index (χ1n) is 7.51. The van der Waals surface area contributed by atoms with Crippen molar-refractivity contribution in [3.8, 4) is 0 Å². The summed E-state index contributed by atoms with van der Waals surface area (Å²) in [5.74, 6) is 0.512. The van der Waals surface area contributed by atoms with E-state index >= 15 is 0 Å². The molecule has 6 nitrogen and oxygen atoms in total. The third-order valence-electron chi connectivity index (χ3n) is 3.75. The summed E-state index contributed by atoms with van der Waals surface area (Å²) in [5.41, 5.74) is 1.72. The lowest BCUT2D eigenvalue weighted by molar-refractivity contribution is 0.103. The van der Waals surface area contributed by atoms with Crippen molar-refractivity contribution >= 4 is 11.7 Å². The van der Waals surface area contributed by atoms with Crippen LogP contribution in [0.1, 0.15) is 31.0 Å². The smallest absolute Gasteiger partial charge is 0.226 e. The Hall–Kier alpha value is -2.34. The Morgan fingerprint density at radius 3 is 3.00 bits per heavy atom. The van der Waals surface area contributed by atoms with Gasteiger partial charge in [-0.05, 0) is 38.1 Å². The van der Waals surface area contributed by atoms with Gasteiger partial charge in [-0.3, -0.25) is 9.78 Å². The van der Waals surface area contributed by atoms with Crippen LogP contribution in [0.5, 0.6) is 0 Å². The fourth-order valence-corrected chi connectivity index (χ4v) is 2.54. The molecule has 2 aromatic heterocycles. The number of anilines is 1. The first-order valence-corrected chi connectivity index (χ1v) is 7.51. The number of carbonyl (C=O) groups excluding carboxylic acids is 1. The van der Waals surface area contributed by atoms with Crippen molar-refractivity contribution in [2.45, 2.75) is 13.3 Å². The number of hydrogen-bond donors (Lipinski definition) is 1. The molecule has 0 saturated carbocycles. The van der Waals surface area contributed by atoms with Crippen LogP contribution >= 0.6 is 0 Å². The van der Waals surface area contributed by atoms with Crippen molar-refractivity contribution in [3.63, 3.8) is 0 Å². The van der Waals surface area contributed by atoms with Crippen LogP contribution in [0, 0.1) is 6.92 Å². The Morgan fingerprint density at radius 2 is 2.14 bits per heavy atom. The molecule has 0 aliphatic carbocycles. The molecule has 3 heterocycles. The van der Waals surface area contributed by atoms with E-state index in [0.29, 0.717) is 22.9 Å². The Balaban J connectivity index is 0.00000144. The van der Waals surface area contributed by atoms with Gasteiger partial charge in [0.1, 0.15) is 5.69 Å². The van der Waals surface area contributed by atoms with Crippen LogP contribution in [0.2, 0.25) is 0 Å². The lowest BCUT2D eigenvalue weighted by atomic mass is 10.1. The topological polar surface area (TPSA) is 71.0 Å². The quantitative estimate of drug-likeness (QED) is 0.870. The molecular formula is C16H23N5O. The largest absolute Gasteiger partial charge is 0.339 e. The Morgan fingerprint density at radius 1 is 1.23 bits per heavy atom. The van der Waals surface area contributed by atoms with Gasteiger partial charge in [0, 0.05) is 46.1 Å². The molecule has 1 N–H and O–H groups in total. The molecule has 0 aromatic carbocycles. The number of nitrogens with one attached hydrogen (secondary N) is 1. The van der Waals surface area contributed by atoms with E-state index in [1.807, 2.05) is 6.92 Å². The summed E-state index contributed by atoms with van der Waals surface area (Å²) >= 11 is 0. The maximum atomic E-state index is 12.6. The molecule has 0 bridgehead atoms. The second-order valence-electron chi connectivity index (χ2n) is 5.30. The zero-order chi connectivity index (χ0) is 15.4. The molecule has 3 rings (SSSR count). The highest BCUT2D eigenvalue weighted by atomic mass is 16.1. The van der Waals surface area contributed by atoms with Gasteiger partial charge in [-0.15, -0.1) is 0 Å². The minimum atomic E-state index is -0.109. The molecular weight excluding hydrogens is 278 g/mol. The second kappa shape index (κ2) is 6.62. The van der Waals surface area contributed by atoms with Gasteiger partial charge < -0.3 is 10.2 Å². The predicted molar refractivity (Wildman–Crippen MR) is 88.4 cm³/mol. The molecule has 1 aliphatic rings. The highest BCUT2D eigenvalue weighted by Gasteiger charge is 2.17. The predicted octanol–water partition coefficient (Wildman–Crippen LogP) is 1.70. The van der Waals surface area contributed by atoms with Gasteiger partial charge in [-0.2, -0.15) is 0 Å². The highest BCUT2D eigenvalue weighted by Crippen LogP contribution is 2.14. The van der Waals surface area contributed by atoms with Crippen molar-refractivity contribution in [1.82, 2.24) is 20.3 Å². The second-order valence-corrected chi connectivity index (χ2v) is 5.30. The van der Waals surface area contributed by atoms with Crippen molar-refractivity contribution in [3.05, 3.63) is 47.5 Å². The molecule has 6 heteroatoms. The number of aromatic nitrogens is 3. The van der Waals surface area contributed by atoms with Gasteiger partial charge in [-0.1, -0.05) is 0 Å². The highest BCUT2D eigenvalue weighted by molar-refractivity contribution is 6.08. The van der Waals surface area contributed by atoms with Gasteiger partial charge in [0.2, 0.25) is 11.7 Å². The number of pyridine rings is 1. The minimum Gasteiger partial charge on any atom is -0.339 e. The average Bonchev–Trinajstić information content (AvgIpc) is 2.84. The van der Waals surface area contributed by atoms with Crippen LogP contribution in [-0.2, 0) is 0 Å². The first-order chi connectivity index (χ1) is 10.8.